The standard InChI is InChI=1S/C23H21N5O2/c29-22(26-14-17-5-9-21(10-6-17)28-16-24-15-27-28)11-12-25-23(30)20-8-7-18-3-1-2-4-19(18)13-20/h1-10,13,15-16H,11-12,14H2,(H,25,30)(H,26,29). The van der Waals surface area contributed by atoms with Crippen molar-refractivity contribution in [3.8, 4) is 5.69 Å². The molecular weight excluding hydrogens is 378 g/mol. The average molecular weight is 399 g/mol. The second kappa shape index (κ2) is 9.00. The Bertz CT molecular complexity index is 1150. The van der Waals surface area contributed by atoms with E-state index >= 15 is 0 Å². The summed E-state index contributed by atoms with van der Waals surface area (Å²) in [5.74, 6) is -0.300. The zero-order valence-corrected chi connectivity index (χ0v) is 16.3. The van der Waals surface area contributed by atoms with E-state index in [1.54, 1.807) is 17.1 Å². The Morgan fingerprint density at radius 2 is 1.70 bits per heavy atom. The second-order valence-electron chi connectivity index (χ2n) is 6.85. The molecule has 0 spiro atoms. The maximum atomic E-state index is 12.3. The monoisotopic (exact) mass is 399 g/mol. The topological polar surface area (TPSA) is 88.9 Å². The molecule has 7 heteroatoms. The Kier molecular flexibility index (Phi) is 5.80. The first-order valence-electron chi connectivity index (χ1n) is 9.67. The molecule has 3 aromatic carbocycles. The van der Waals surface area contributed by atoms with Gasteiger partial charge in [0.25, 0.3) is 5.91 Å². The lowest BCUT2D eigenvalue weighted by Crippen LogP contribution is -2.30. The number of hydrogen-bond donors (Lipinski definition) is 2. The van der Waals surface area contributed by atoms with Gasteiger partial charge in [-0.2, -0.15) is 5.10 Å². The highest BCUT2D eigenvalue weighted by atomic mass is 16.2. The van der Waals surface area contributed by atoms with Crippen molar-refractivity contribution in [3.63, 3.8) is 0 Å². The van der Waals surface area contributed by atoms with Crippen LogP contribution in [0.4, 0.5) is 0 Å². The molecule has 150 valence electrons. The molecule has 4 aromatic rings. The Morgan fingerprint density at radius 3 is 2.47 bits per heavy atom. The number of aromatic nitrogens is 3. The van der Waals surface area contributed by atoms with E-state index in [-0.39, 0.29) is 24.8 Å². The van der Waals surface area contributed by atoms with Crippen LogP contribution in [0.25, 0.3) is 16.5 Å². The fraction of sp³-hybridized carbons (Fsp3) is 0.130. The van der Waals surface area contributed by atoms with Crippen molar-refractivity contribution in [3.05, 3.63) is 90.5 Å². The smallest absolute Gasteiger partial charge is 0.251 e. The number of carbonyl (C=O) groups excluding carboxylic acids is 2. The normalized spacial score (nSPS) is 10.7. The molecule has 0 unspecified atom stereocenters. The van der Waals surface area contributed by atoms with Crippen LogP contribution in [-0.4, -0.2) is 33.1 Å². The fourth-order valence-corrected chi connectivity index (χ4v) is 3.12. The van der Waals surface area contributed by atoms with Gasteiger partial charge in [-0.1, -0.05) is 42.5 Å². The van der Waals surface area contributed by atoms with Gasteiger partial charge in [0, 0.05) is 25.1 Å². The van der Waals surface area contributed by atoms with Crippen molar-refractivity contribution in [1.82, 2.24) is 25.4 Å². The van der Waals surface area contributed by atoms with Gasteiger partial charge >= 0.3 is 0 Å². The summed E-state index contributed by atoms with van der Waals surface area (Å²) in [4.78, 5) is 28.3. The predicted molar refractivity (Wildman–Crippen MR) is 114 cm³/mol. The van der Waals surface area contributed by atoms with Crippen LogP contribution in [0, 0.1) is 0 Å². The second-order valence-corrected chi connectivity index (χ2v) is 6.85. The van der Waals surface area contributed by atoms with Crippen LogP contribution in [0.5, 0.6) is 0 Å². The van der Waals surface area contributed by atoms with Gasteiger partial charge in [0.05, 0.1) is 5.69 Å². The summed E-state index contributed by atoms with van der Waals surface area (Å²) in [6.07, 6.45) is 3.33. The van der Waals surface area contributed by atoms with Gasteiger partial charge in [-0.15, -0.1) is 0 Å². The molecule has 2 N–H and O–H groups in total. The van der Waals surface area contributed by atoms with E-state index in [0.29, 0.717) is 12.1 Å². The lowest BCUT2D eigenvalue weighted by Gasteiger charge is -2.08. The Morgan fingerprint density at radius 1 is 0.900 bits per heavy atom. The van der Waals surface area contributed by atoms with Gasteiger partial charge in [0.2, 0.25) is 5.91 Å². The molecule has 0 aliphatic heterocycles. The van der Waals surface area contributed by atoms with E-state index in [4.69, 9.17) is 0 Å². The molecule has 4 rings (SSSR count). The van der Waals surface area contributed by atoms with E-state index in [9.17, 15) is 9.59 Å². The third-order valence-corrected chi connectivity index (χ3v) is 4.76. The van der Waals surface area contributed by atoms with Crippen LogP contribution in [0.2, 0.25) is 0 Å². The van der Waals surface area contributed by atoms with Crippen LogP contribution < -0.4 is 10.6 Å². The highest BCUT2D eigenvalue weighted by molar-refractivity contribution is 5.98. The summed E-state index contributed by atoms with van der Waals surface area (Å²) in [6.45, 7) is 0.706. The first-order chi connectivity index (χ1) is 14.7. The average Bonchev–Trinajstić information content (AvgIpc) is 3.32. The molecule has 2 amide bonds. The third-order valence-electron chi connectivity index (χ3n) is 4.76. The number of amides is 2. The quantitative estimate of drug-likeness (QED) is 0.500. The van der Waals surface area contributed by atoms with Crippen LogP contribution in [-0.2, 0) is 11.3 Å². The van der Waals surface area contributed by atoms with Crippen molar-refractivity contribution in [2.24, 2.45) is 0 Å². The Hall–Kier alpha value is -4.00. The zero-order chi connectivity index (χ0) is 20.8. The number of benzene rings is 3. The first-order valence-corrected chi connectivity index (χ1v) is 9.67. The SMILES string of the molecule is O=C(CCNC(=O)c1ccc2ccccc2c1)NCc1ccc(-n2cncn2)cc1. The molecule has 0 saturated heterocycles. The number of nitrogens with zero attached hydrogens (tertiary/aromatic N) is 3. The van der Waals surface area contributed by atoms with Crippen molar-refractivity contribution >= 4 is 22.6 Å². The lowest BCUT2D eigenvalue weighted by atomic mass is 10.1. The van der Waals surface area contributed by atoms with E-state index in [2.05, 4.69) is 20.7 Å². The first kappa shape index (κ1) is 19.3. The van der Waals surface area contributed by atoms with Gasteiger partial charge in [0.1, 0.15) is 12.7 Å². The van der Waals surface area contributed by atoms with Crippen molar-refractivity contribution < 1.29 is 9.59 Å². The van der Waals surface area contributed by atoms with Crippen LogP contribution in [0.1, 0.15) is 22.3 Å². The summed E-state index contributed by atoms with van der Waals surface area (Å²) in [6, 6.07) is 21.1. The molecule has 0 fully saturated rings. The Balaban J connectivity index is 1.22. The number of carbonyl (C=O) groups is 2. The molecular formula is C23H21N5O2. The molecule has 30 heavy (non-hydrogen) atoms. The fourth-order valence-electron chi connectivity index (χ4n) is 3.12. The van der Waals surface area contributed by atoms with Crippen molar-refractivity contribution in [2.45, 2.75) is 13.0 Å². The highest BCUT2D eigenvalue weighted by Gasteiger charge is 2.08. The van der Waals surface area contributed by atoms with E-state index in [1.807, 2.05) is 60.7 Å². The van der Waals surface area contributed by atoms with E-state index < -0.39 is 0 Å². The van der Waals surface area contributed by atoms with Crippen LogP contribution in [0.15, 0.2) is 79.4 Å². The minimum atomic E-state index is -0.183. The summed E-state index contributed by atoms with van der Waals surface area (Å²) < 4.78 is 1.67. The van der Waals surface area contributed by atoms with Crippen LogP contribution in [0.3, 0.4) is 0 Å². The molecule has 0 bridgehead atoms. The molecule has 0 aliphatic carbocycles. The number of hydrogen-bond acceptors (Lipinski definition) is 4. The van der Waals surface area contributed by atoms with Gasteiger partial charge in [0.15, 0.2) is 0 Å². The minimum absolute atomic E-state index is 0.117. The van der Waals surface area contributed by atoms with Crippen molar-refractivity contribution in [2.75, 3.05) is 6.54 Å². The molecule has 7 nitrogen and oxygen atoms in total. The van der Waals surface area contributed by atoms with Gasteiger partial charge in [-0.05, 0) is 40.6 Å². The number of fused-ring (bicyclic) bond motifs is 1. The van der Waals surface area contributed by atoms with E-state index in [1.165, 1.54) is 6.33 Å². The molecule has 1 heterocycles. The van der Waals surface area contributed by atoms with Gasteiger partial charge in [-0.3, -0.25) is 9.59 Å². The minimum Gasteiger partial charge on any atom is -0.352 e. The maximum absolute atomic E-state index is 12.3. The predicted octanol–water partition coefficient (Wildman–Crippen LogP) is 2.86. The summed E-state index contributed by atoms with van der Waals surface area (Å²) in [5.41, 5.74) is 2.47. The van der Waals surface area contributed by atoms with Gasteiger partial charge < -0.3 is 10.6 Å². The number of nitrogens with one attached hydrogen (secondary N) is 2. The highest BCUT2D eigenvalue weighted by Crippen LogP contribution is 2.15. The van der Waals surface area contributed by atoms with Crippen molar-refractivity contribution in [1.29, 1.82) is 0 Å². The lowest BCUT2D eigenvalue weighted by molar-refractivity contribution is -0.121. The molecule has 0 saturated carbocycles. The molecule has 0 aliphatic rings. The Labute approximate surface area is 173 Å². The largest absolute Gasteiger partial charge is 0.352 e. The molecule has 0 atom stereocenters. The summed E-state index contributed by atoms with van der Waals surface area (Å²) in [5, 5.41) is 11.8. The third kappa shape index (κ3) is 4.70. The summed E-state index contributed by atoms with van der Waals surface area (Å²) >= 11 is 0. The summed E-state index contributed by atoms with van der Waals surface area (Å²) in [7, 11) is 0. The maximum Gasteiger partial charge on any atom is 0.251 e. The van der Waals surface area contributed by atoms with Crippen LogP contribution >= 0.6 is 0 Å². The zero-order valence-electron chi connectivity index (χ0n) is 16.3. The molecule has 0 radical (unpaired) electrons. The number of rotatable bonds is 7. The van der Waals surface area contributed by atoms with Gasteiger partial charge in [-0.25, -0.2) is 9.67 Å². The van der Waals surface area contributed by atoms with E-state index in [0.717, 1.165) is 22.0 Å². The molecule has 1 aromatic heterocycles.